The SMILES string of the molecule is Cc1cc(F)c(NC(=O)N2CCOC(CC(F)(F)F)C2)cc1-c1cc(OCCO)nc(N2CCOCC2)c1. The van der Waals surface area contributed by atoms with Crippen molar-refractivity contribution in [3.63, 3.8) is 0 Å². The van der Waals surface area contributed by atoms with Crippen LogP contribution in [-0.2, 0) is 9.47 Å². The summed E-state index contributed by atoms with van der Waals surface area (Å²) >= 11 is 0. The second-order valence-corrected chi connectivity index (χ2v) is 9.06. The Bertz CT molecular complexity index is 1130. The molecular formula is C25H30F4N4O5. The normalized spacial score (nSPS) is 18.4. The molecule has 13 heteroatoms. The van der Waals surface area contributed by atoms with Crippen molar-refractivity contribution in [3.8, 4) is 17.0 Å². The van der Waals surface area contributed by atoms with Crippen LogP contribution in [0.3, 0.4) is 0 Å². The summed E-state index contributed by atoms with van der Waals surface area (Å²) in [4.78, 5) is 20.6. The largest absolute Gasteiger partial charge is 0.475 e. The summed E-state index contributed by atoms with van der Waals surface area (Å²) in [5, 5.41) is 11.7. The van der Waals surface area contributed by atoms with Gasteiger partial charge in [-0.15, -0.1) is 0 Å². The van der Waals surface area contributed by atoms with Crippen LogP contribution >= 0.6 is 0 Å². The molecule has 0 saturated carbocycles. The van der Waals surface area contributed by atoms with E-state index in [4.69, 9.17) is 14.2 Å². The number of aliphatic hydroxyl groups is 1. The van der Waals surface area contributed by atoms with E-state index in [1.165, 1.54) is 17.0 Å². The molecule has 0 aliphatic carbocycles. The van der Waals surface area contributed by atoms with Gasteiger partial charge in [0.05, 0.1) is 44.6 Å². The Morgan fingerprint density at radius 2 is 1.95 bits per heavy atom. The molecule has 2 aromatic rings. The smallest absolute Gasteiger partial charge is 0.391 e. The lowest BCUT2D eigenvalue weighted by Crippen LogP contribution is -2.48. The van der Waals surface area contributed by atoms with Crippen molar-refractivity contribution in [1.29, 1.82) is 0 Å². The highest BCUT2D eigenvalue weighted by Gasteiger charge is 2.36. The van der Waals surface area contributed by atoms with E-state index in [1.54, 1.807) is 13.0 Å². The molecule has 0 spiro atoms. The van der Waals surface area contributed by atoms with E-state index in [0.29, 0.717) is 48.8 Å². The zero-order chi connectivity index (χ0) is 27.3. The Labute approximate surface area is 217 Å². The summed E-state index contributed by atoms with van der Waals surface area (Å²) in [5.74, 6) is 0.215. The number of pyridine rings is 1. The zero-order valence-electron chi connectivity index (χ0n) is 20.9. The monoisotopic (exact) mass is 542 g/mol. The number of amides is 2. The molecule has 4 rings (SSSR count). The van der Waals surface area contributed by atoms with Gasteiger partial charge in [-0.1, -0.05) is 0 Å². The summed E-state index contributed by atoms with van der Waals surface area (Å²) in [7, 11) is 0. The van der Waals surface area contributed by atoms with Gasteiger partial charge in [-0.25, -0.2) is 9.18 Å². The van der Waals surface area contributed by atoms with Crippen molar-refractivity contribution in [3.05, 3.63) is 35.6 Å². The van der Waals surface area contributed by atoms with Crippen LogP contribution in [0.5, 0.6) is 5.88 Å². The molecule has 208 valence electrons. The van der Waals surface area contributed by atoms with Gasteiger partial charge in [-0.2, -0.15) is 18.2 Å². The number of carbonyl (C=O) groups excluding carboxylic acids is 1. The summed E-state index contributed by atoms with van der Waals surface area (Å²) < 4.78 is 69.3. The van der Waals surface area contributed by atoms with E-state index >= 15 is 0 Å². The van der Waals surface area contributed by atoms with Gasteiger partial charge < -0.3 is 34.4 Å². The Hall–Kier alpha value is -3.16. The fourth-order valence-corrected chi connectivity index (χ4v) is 4.38. The molecule has 1 aromatic heterocycles. The molecule has 0 radical (unpaired) electrons. The molecule has 1 aromatic carbocycles. The van der Waals surface area contributed by atoms with Crippen molar-refractivity contribution in [1.82, 2.24) is 9.88 Å². The van der Waals surface area contributed by atoms with E-state index in [-0.39, 0.29) is 44.5 Å². The lowest BCUT2D eigenvalue weighted by Gasteiger charge is -2.33. The molecule has 2 amide bonds. The second-order valence-electron chi connectivity index (χ2n) is 9.06. The Morgan fingerprint density at radius 1 is 1.18 bits per heavy atom. The maximum atomic E-state index is 14.9. The predicted molar refractivity (Wildman–Crippen MR) is 131 cm³/mol. The molecule has 9 nitrogen and oxygen atoms in total. The van der Waals surface area contributed by atoms with Crippen LogP contribution in [0.1, 0.15) is 12.0 Å². The van der Waals surface area contributed by atoms with Gasteiger partial charge >= 0.3 is 12.2 Å². The first-order valence-electron chi connectivity index (χ1n) is 12.3. The van der Waals surface area contributed by atoms with E-state index in [9.17, 15) is 27.5 Å². The average Bonchev–Trinajstić information content (AvgIpc) is 2.88. The number of nitrogens with zero attached hydrogens (tertiary/aromatic N) is 3. The van der Waals surface area contributed by atoms with Gasteiger partial charge in [0.2, 0.25) is 5.88 Å². The predicted octanol–water partition coefficient (Wildman–Crippen LogP) is 3.59. The van der Waals surface area contributed by atoms with E-state index < -0.39 is 30.5 Å². The van der Waals surface area contributed by atoms with Crippen LogP contribution in [0, 0.1) is 12.7 Å². The number of hydrogen-bond acceptors (Lipinski definition) is 7. The van der Waals surface area contributed by atoms with Gasteiger partial charge in [-0.3, -0.25) is 0 Å². The van der Waals surface area contributed by atoms with E-state index in [0.717, 1.165) is 0 Å². The van der Waals surface area contributed by atoms with Gasteiger partial charge in [0.25, 0.3) is 0 Å². The lowest BCUT2D eigenvalue weighted by atomic mass is 10.00. The maximum absolute atomic E-state index is 14.9. The maximum Gasteiger partial charge on any atom is 0.391 e. The average molecular weight is 543 g/mol. The van der Waals surface area contributed by atoms with Crippen LogP contribution in [0.15, 0.2) is 24.3 Å². The Balaban J connectivity index is 1.59. The number of carbonyl (C=O) groups is 1. The highest BCUT2D eigenvalue weighted by molar-refractivity contribution is 5.91. The fraction of sp³-hybridized carbons (Fsp3) is 0.520. The minimum absolute atomic E-state index is 0.0393. The first-order valence-corrected chi connectivity index (χ1v) is 12.3. The fourth-order valence-electron chi connectivity index (χ4n) is 4.38. The Morgan fingerprint density at radius 3 is 2.66 bits per heavy atom. The standard InChI is InChI=1S/C25H30F4N4O5/c1-16-10-20(26)21(30-24(35)33-4-8-37-18(15-33)14-25(27,28)29)13-19(16)17-11-22(32-2-6-36-7-3-32)31-23(12-17)38-9-5-34/h10-13,18,34H,2-9,14-15H2,1H3,(H,30,35). The molecule has 1 unspecified atom stereocenters. The van der Waals surface area contributed by atoms with Gasteiger partial charge in [0.1, 0.15) is 18.2 Å². The summed E-state index contributed by atoms with van der Waals surface area (Å²) in [6, 6.07) is 5.52. The summed E-state index contributed by atoms with van der Waals surface area (Å²) in [5.41, 5.74) is 1.73. The lowest BCUT2D eigenvalue weighted by molar-refractivity contribution is -0.168. The number of aliphatic hydroxyl groups excluding tert-OH is 1. The minimum Gasteiger partial charge on any atom is -0.475 e. The van der Waals surface area contributed by atoms with E-state index in [1.807, 2.05) is 11.0 Å². The molecule has 2 aliphatic rings. The molecule has 2 saturated heterocycles. The van der Waals surface area contributed by atoms with Crippen molar-refractivity contribution in [2.24, 2.45) is 0 Å². The molecule has 1 atom stereocenters. The topological polar surface area (TPSA) is 96.4 Å². The number of anilines is 2. The third-order valence-corrected chi connectivity index (χ3v) is 6.22. The molecule has 2 N–H and O–H groups in total. The number of aryl methyl sites for hydroxylation is 1. The zero-order valence-corrected chi connectivity index (χ0v) is 20.9. The van der Waals surface area contributed by atoms with Crippen LogP contribution in [0.25, 0.3) is 11.1 Å². The van der Waals surface area contributed by atoms with Crippen LogP contribution < -0.4 is 15.0 Å². The number of benzene rings is 1. The number of morpholine rings is 2. The second kappa shape index (κ2) is 12.1. The Kier molecular flexibility index (Phi) is 8.90. The number of aromatic nitrogens is 1. The number of halogens is 4. The third-order valence-electron chi connectivity index (χ3n) is 6.22. The van der Waals surface area contributed by atoms with Gasteiger partial charge in [-0.05, 0) is 41.8 Å². The third kappa shape index (κ3) is 7.23. The van der Waals surface area contributed by atoms with Crippen LogP contribution in [0.2, 0.25) is 0 Å². The van der Waals surface area contributed by atoms with Crippen molar-refractivity contribution >= 4 is 17.5 Å². The first kappa shape index (κ1) is 27.9. The molecule has 3 heterocycles. The van der Waals surface area contributed by atoms with Crippen molar-refractivity contribution in [2.75, 3.05) is 69.4 Å². The summed E-state index contributed by atoms with van der Waals surface area (Å²) in [6.45, 7) is 3.65. The van der Waals surface area contributed by atoms with E-state index in [2.05, 4.69) is 10.3 Å². The minimum atomic E-state index is -4.42. The number of nitrogens with one attached hydrogen (secondary N) is 1. The highest BCUT2D eigenvalue weighted by Crippen LogP contribution is 2.33. The summed E-state index contributed by atoms with van der Waals surface area (Å²) in [6.07, 6.45) is -6.78. The van der Waals surface area contributed by atoms with Gasteiger partial charge in [0.15, 0.2) is 0 Å². The quantitative estimate of drug-likeness (QED) is 0.517. The molecule has 2 aliphatic heterocycles. The first-order chi connectivity index (χ1) is 18.1. The molecule has 2 fully saturated rings. The van der Waals surface area contributed by atoms with Crippen molar-refractivity contribution < 1.29 is 41.7 Å². The highest BCUT2D eigenvalue weighted by atomic mass is 19.4. The number of hydrogen-bond donors (Lipinski definition) is 2. The number of alkyl halides is 3. The number of ether oxygens (including phenoxy) is 3. The van der Waals surface area contributed by atoms with Crippen LogP contribution in [0.4, 0.5) is 33.9 Å². The molecule has 38 heavy (non-hydrogen) atoms. The van der Waals surface area contributed by atoms with Crippen molar-refractivity contribution in [2.45, 2.75) is 25.6 Å². The number of rotatable bonds is 7. The number of urea groups is 1. The van der Waals surface area contributed by atoms with Crippen LogP contribution in [-0.4, -0.2) is 92.5 Å². The molecular weight excluding hydrogens is 512 g/mol. The molecule has 0 bridgehead atoms. The van der Waals surface area contributed by atoms with Gasteiger partial charge in [0, 0.05) is 32.2 Å².